The van der Waals surface area contributed by atoms with Gasteiger partial charge in [0.2, 0.25) is 0 Å². The predicted molar refractivity (Wildman–Crippen MR) is 113 cm³/mol. The minimum atomic E-state index is -0.184. The van der Waals surface area contributed by atoms with Gasteiger partial charge in [-0.15, -0.1) is 0 Å². The van der Waals surface area contributed by atoms with Gasteiger partial charge in [0.1, 0.15) is 5.75 Å². The van der Waals surface area contributed by atoms with Crippen LogP contribution in [0.1, 0.15) is 30.1 Å². The summed E-state index contributed by atoms with van der Waals surface area (Å²) in [5, 5.41) is 2.99. The molecule has 0 saturated carbocycles. The number of nitrogens with zero attached hydrogens (tertiary/aromatic N) is 1. The Morgan fingerprint density at radius 3 is 2.20 bits per heavy atom. The van der Waals surface area contributed by atoms with E-state index in [2.05, 4.69) is 5.32 Å². The molecule has 3 rings (SSSR count). The molecule has 0 unspecified atom stereocenters. The molecule has 0 bridgehead atoms. The van der Waals surface area contributed by atoms with E-state index in [0.717, 1.165) is 0 Å². The van der Waals surface area contributed by atoms with E-state index < -0.39 is 0 Å². The second-order valence-electron chi connectivity index (χ2n) is 7.00. The van der Waals surface area contributed by atoms with Crippen LogP contribution in [0.5, 0.6) is 17.2 Å². The number of methoxy groups -OCH3 is 1. The van der Waals surface area contributed by atoms with Crippen molar-refractivity contribution in [3.05, 3.63) is 54.1 Å². The summed E-state index contributed by atoms with van der Waals surface area (Å²) in [4.78, 5) is 26.9. The number of hydrogen-bond acceptors (Lipinski definition) is 5. The molecule has 1 N–H and O–H groups in total. The molecule has 160 valence electrons. The number of ether oxygens (including phenoxy) is 3. The molecule has 0 aromatic heterocycles. The lowest BCUT2D eigenvalue weighted by Crippen LogP contribution is -2.47. The van der Waals surface area contributed by atoms with Crippen LogP contribution >= 0.6 is 0 Å². The average molecular weight is 412 g/mol. The number of carbonyl (C=O) groups is 2. The lowest BCUT2D eigenvalue weighted by molar-refractivity contribution is -0.124. The highest BCUT2D eigenvalue weighted by Crippen LogP contribution is 2.26. The maximum Gasteiger partial charge on any atom is 0.258 e. The molecule has 0 spiro atoms. The molecule has 0 atom stereocenters. The summed E-state index contributed by atoms with van der Waals surface area (Å²) in [6.07, 6.45) is 1.39. The van der Waals surface area contributed by atoms with Crippen molar-refractivity contribution in [2.24, 2.45) is 0 Å². The first kappa shape index (κ1) is 21.5. The molecule has 1 aliphatic rings. The Bertz CT molecular complexity index is 862. The van der Waals surface area contributed by atoms with Gasteiger partial charge < -0.3 is 24.4 Å². The summed E-state index contributed by atoms with van der Waals surface area (Å²) in [7, 11) is 1.56. The first-order valence-electron chi connectivity index (χ1n) is 10.2. The fourth-order valence-electron chi connectivity index (χ4n) is 3.48. The van der Waals surface area contributed by atoms with Crippen LogP contribution in [0.2, 0.25) is 0 Å². The molecule has 2 aromatic rings. The zero-order valence-corrected chi connectivity index (χ0v) is 17.4. The van der Waals surface area contributed by atoms with Crippen molar-refractivity contribution in [2.45, 2.75) is 25.8 Å². The van der Waals surface area contributed by atoms with Crippen molar-refractivity contribution in [2.75, 3.05) is 33.4 Å². The van der Waals surface area contributed by atoms with Crippen LogP contribution in [0.4, 0.5) is 0 Å². The first-order valence-corrected chi connectivity index (χ1v) is 10.2. The summed E-state index contributed by atoms with van der Waals surface area (Å²) < 4.78 is 16.4. The van der Waals surface area contributed by atoms with Crippen LogP contribution in [0.25, 0.3) is 0 Å². The van der Waals surface area contributed by atoms with Gasteiger partial charge in [-0.05, 0) is 44.0 Å². The maximum atomic E-state index is 12.8. The third-order valence-corrected chi connectivity index (χ3v) is 4.99. The van der Waals surface area contributed by atoms with Crippen molar-refractivity contribution >= 4 is 11.8 Å². The summed E-state index contributed by atoms with van der Waals surface area (Å²) >= 11 is 0. The SMILES string of the molecule is CCOc1ccccc1OCC(=O)NC1CCN(C(=O)c2ccccc2OC)CC1. The van der Waals surface area contributed by atoms with Crippen molar-refractivity contribution in [1.82, 2.24) is 10.2 Å². The summed E-state index contributed by atoms with van der Waals surface area (Å²) in [5.74, 6) is 1.51. The average Bonchev–Trinajstić information content (AvgIpc) is 2.78. The highest BCUT2D eigenvalue weighted by atomic mass is 16.5. The van der Waals surface area contributed by atoms with Crippen LogP contribution in [-0.4, -0.2) is 56.2 Å². The smallest absolute Gasteiger partial charge is 0.258 e. The topological polar surface area (TPSA) is 77.1 Å². The summed E-state index contributed by atoms with van der Waals surface area (Å²) in [6.45, 7) is 3.50. The van der Waals surface area contributed by atoms with E-state index in [-0.39, 0.29) is 24.5 Å². The lowest BCUT2D eigenvalue weighted by Gasteiger charge is -2.32. The Labute approximate surface area is 176 Å². The number of amides is 2. The number of carbonyl (C=O) groups excluding carboxylic acids is 2. The number of nitrogens with one attached hydrogen (secondary N) is 1. The molecule has 1 fully saturated rings. The highest BCUT2D eigenvalue weighted by Gasteiger charge is 2.26. The molecule has 2 amide bonds. The zero-order valence-electron chi connectivity index (χ0n) is 17.4. The fourth-order valence-corrected chi connectivity index (χ4v) is 3.48. The Hall–Kier alpha value is -3.22. The van der Waals surface area contributed by atoms with E-state index in [1.54, 1.807) is 30.2 Å². The van der Waals surface area contributed by atoms with Gasteiger partial charge in [0.05, 0.1) is 19.3 Å². The van der Waals surface area contributed by atoms with Crippen LogP contribution in [0.15, 0.2) is 48.5 Å². The van der Waals surface area contributed by atoms with E-state index >= 15 is 0 Å². The molecule has 0 radical (unpaired) electrons. The van der Waals surface area contributed by atoms with Gasteiger partial charge in [0.15, 0.2) is 18.1 Å². The molecular weight excluding hydrogens is 384 g/mol. The molecular formula is C23H28N2O5. The Morgan fingerprint density at radius 2 is 1.57 bits per heavy atom. The molecule has 7 heteroatoms. The predicted octanol–water partition coefficient (Wildman–Crippen LogP) is 2.89. The molecule has 1 heterocycles. The van der Waals surface area contributed by atoms with Gasteiger partial charge in [-0.1, -0.05) is 24.3 Å². The van der Waals surface area contributed by atoms with Crippen LogP contribution < -0.4 is 19.5 Å². The molecule has 30 heavy (non-hydrogen) atoms. The maximum absolute atomic E-state index is 12.8. The summed E-state index contributed by atoms with van der Waals surface area (Å²) in [6, 6.07) is 14.5. The quantitative estimate of drug-likeness (QED) is 0.721. The van der Waals surface area contributed by atoms with Gasteiger partial charge in [0.25, 0.3) is 11.8 Å². The monoisotopic (exact) mass is 412 g/mol. The van der Waals surface area contributed by atoms with Gasteiger partial charge in [-0.3, -0.25) is 9.59 Å². The second-order valence-corrected chi connectivity index (χ2v) is 7.00. The first-order chi connectivity index (χ1) is 14.6. The van der Waals surface area contributed by atoms with E-state index in [9.17, 15) is 9.59 Å². The van der Waals surface area contributed by atoms with Crippen molar-refractivity contribution < 1.29 is 23.8 Å². The van der Waals surface area contributed by atoms with E-state index in [1.165, 1.54) is 0 Å². The number of hydrogen-bond donors (Lipinski definition) is 1. The minimum Gasteiger partial charge on any atom is -0.496 e. The highest BCUT2D eigenvalue weighted by molar-refractivity contribution is 5.97. The van der Waals surface area contributed by atoms with Gasteiger partial charge in [-0.2, -0.15) is 0 Å². The van der Waals surface area contributed by atoms with Crippen LogP contribution in [-0.2, 0) is 4.79 Å². The van der Waals surface area contributed by atoms with Crippen molar-refractivity contribution in [1.29, 1.82) is 0 Å². The number of benzene rings is 2. The van der Waals surface area contributed by atoms with Crippen LogP contribution in [0.3, 0.4) is 0 Å². The number of piperidine rings is 1. The molecule has 1 saturated heterocycles. The third-order valence-electron chi connectivity index (χ3n) is 4.99. The van der Waals surface area contributed by atoms with Gasteiger partial charge in [0, 0.05) is 19.1 Å². The fraction of sp³-hybridized carbons (Fsp3) is 0.391. The van der Waals surface area contributed by atoms with Gasteiger partial charge in [-0.25, -0.2) is 0 Å². The van der Waals surface area contributed by atoms with Crippen LogP contribution in [0, 0.1) is 0 Å². The third kappa shape index (κ3) is 5.43. The second kappa shape index (κ2) is 10.5. The minimum absolute atomic E-state index is 0.0185. The number of rotatable bonds is 8. The summed E-state index contributed by atoms with van der Waals surface area (Å²) in [5.41, 5.74) is 0.559. The normalized spacial score (nSPS) is 14.1. The van der Waals surface area contributed by atoms with E-state index in [0.29, 0.717) is 55.4 Å². The number of para-hydroxylation sites is 3. The Morgan fingerprint density at radius 1 is 0.967 bits per heavy atom. The van der Waals surface area contributed by atoms with Crippen molar-refractivity contribution in [3.8, 4) is 17.2 Å². The van der Waals surface area contributed by atoms with E-state index in [4.69, 9.17) is 14.2 Å². The molecule has 7 nitrogen and oxygen atoms in total. The molecule has 2 aromatic carbocycles. The Kier molecular flexibility index (Phi) is 7.54. The lowest BCUT2D eigenvalue weighted by atomic mass is 10.0. The Balaban J connectivity index is 1.46. The van der Waals surface area contributed by atoms with Gasteiger partial charge >= 0.3 is 0 Å². The largest absolute Gasteiger partial charge is 0.496 e. The molecule has 0 aliphatic carbocycles. The standard InChI is InChI=1S/C23H28N2O5/c1-3-29-20-10-6-7-11-21(20)30-16-22(26)24-17-12-14-25(15-13-17)23(27)18-8-4-5-9-19(18)28-2/h4-11,17H,3,12-16H2,1-2H3,(H,24,26). The molecule has 1 aliphatic heterocycles. The van der Waals surface area contributed by atoms with E-state index in [1.807, 2.05) is 37.3 Å². The zero-order chi connectivity index (χ0) is 21.3. The van der Waals surface area contributed by atoms with Crippen molar-refractivity contribution in [3.63, 3.8) is 0 Å². The number of likely N-dealkylation sites (tertiary alicyclic amines) is 1.